The minimum absolute atomic E-state index is 0.0224. The summed E-state index contributed by atoms with van der Waals surface area (Å²) in [4.78, 5) is 14.4. The molecule has 0 spiro atoms. The smallest absolute Gasteiger partial charge is 0.257 e. The average molecular weight is 325 g/mol. The van der Waals surface area contributed by atoms with Gasteiger partial charge in [-0.3, -0.25) is 4.79 Å². The van der Waals surface area contributed by atoms with Gasteiger partial charge in [0.15, 0.2) is 0 Å². The topological polar surface area (TPSA) is 49.8 Å². The summed E-state index contributed by atoms with van der Waals surface area (Å²) in [7, 11) is 1.54. The van der Waals surface area contributed by atoms with Crippen molar-refractivity contribution in [3.63, 3.8) is 0 Å². The molecule has 24 heavy (non-hydrogen) atoms. The molecule has 0 bridgehead atoms. The molecule has 1 saturated heterocycles. The van der Waals surface area contributed by atoms with E-state index in [2.05, 4.69) is 24.3 Å². The van der Waals surface area contributed by atoms with Crippen LogP contribution in [0, 0.1) is 5.92 Å². The number of methoxy groups -OCH3 is 1. The number of rotatable bonds is 4. The summed E-state index contributed by atoms with van der Waals surface area (Å²) < 4.78 is 5.06. The maximum Gasteiger partial charge on any atom is 0.257 e. The first-order valence-electron chi connectivity index (χ1n) is 8.37. The number of ether oxygens (including phenoxy) is 1. The molecule has 1 fully saturated rings. The fraction of sp³-hybridized carbons (Fsp3) is 0.350. The van der Waals surface area contributed by atoms with Crippen molar-refractivity contribution in [2.45, 2.75) is 19.3 Å². The lowest BCUT2D eigenvalue weighted by Gasteiger charge is -2.32. The third kappa shape index (κ3) is 3.70. The highest BCUT2D eigenvalue weighted by Gasteiger charge is 2.25. The maximum atomic E-state index is 12.6. The van der Waals surface area contributed by atoms with Gasteiger partial charge in [0.25, 0.3) is 5.91 Å². The van der Waals surface area contributed by atoms with Crippen molar-refractivity contribution in [1.82, 2.24) is 4.90 Å². The summed E-state index contributed by atoms with van der Waals surface area (Å²) in [6.45, 7) is 1.48. The number of likely N-dealkylation sites (tertiary alicyclic amines) is 1. The van der Waals surface area contributed by atoms with E-state index in [1.807, 2.05) is 11.0 Å². The molecule has 4 nitrogen and oxygen atoms in total. The standard InChI is InChI=1S/C20H23NO3/c1-24-17-7-8-18(19(22)14-17)20(23)21-11-9-16(10-12-21)13-15-5-3-2-4-6-15/h2-8,14,16,22H,9-13H2,1H3. The molecule has 0 unspecified atom stereocenters. The van der Waals surface area contributed by atoms with Crippen LogP contribution in [0.4, 0.5) is 0 Å². The number of carbonyl (C=O) groups excluding carboxylic acids is 1. The first-order valence-corrected chi connectivity index (χ1v) is 8.37. The van der Waals surface area contributed by atoms with E-state index in [0.717, 1.165) is 32.4 Å². The van der Waals surface area contributed by atoms with Crippen molar-refractivity contribution in [3.05, 3.63) is 59.7 Å². The predicted molar refractivity (Wildman–Crippen MR) is 93.4 cm³/mol. The van der Waals surface area contributed by atoms with E-state index in [1.165, 1.54) is 18.7 Å². The first kappa shape index (κ1) is 16.4. The Morgan fingerprint density at radius 3 is 2.50 bits per heavy atom. The molecule has 1 amide bonds. The Balaban J connectivity index is 1.59. The lowest BCUT2D eigenvalue weighted by molar-refractivity contribution is 0.0687. The van der Waals surface area contributed by atoms with Gasteiger partial charge in [0.05, 0.1) is 12.7 Å². The number of carbonyl (C=O) groups is 1. The van der Waals surface area contributed by atoms with Crippen molar-refractivity contribution in [2.75, 3.05) is 20.2 Å². The molecule has 0 aliphatic carbocycles. The van der Waals surface area contributed by atoms with E-state index in [1.54, 1.807) is 12.1 Å². The number of piperidine rings is 1. The van der Waals surface area contributed by atoms with Gasteiger partial charge in [-0.2, -0.15) is 0 Å². The Bertz CT molecular complexity index is 691. The third-order valence-corrected chi connectivity index (χ3v) is 4.70. The van der Waals surface area contributed by atoms with Crippen LogP contribution in [0.25, 0.3) is 0 Å². The number of benzene rings is 2. The predicted octanol–water partition coefficient (Wildman–Crippen LogP) is 3.50. The molecular formula is C20H23NO3. The lowest BCUT2D eigenvalue weighted by atomic mass is 9.90. The summed E-state index contributed by atoms with van der Waals surface area (Å²) >= 11 is 0. The van der Waals surface area contributed by atoms with E-state index in [0.29, 0.717) is 17.2 Å². The fourth-order valence-corrected chi connectivity index (χ4v) is 3.28. The van der Waals surface area contributed by atoms with Gasteiger partial charge < -0.3 is 14.7 Å². The molecule has 4 heteroatoms. The van der Waals surface area contributed by atoms with Crippen molar-refractivity contribution >= 4 is 5.91 Å². The van der Waals surface area contributed by atoms with Crippen molar-refractivity contribution in [1.29, 1.82) is 0 Å². The van der Waals surface area contributed by atoms with Crippen LogP contribution >= 0.6 is 0 Å². The summed E-state index contributed by atoms with van der Waals surface area (Å²) in [6.07, 6.45) is 3.06. The molecule has 1 heterocycles. The molecule has 2 aromatic carbocycles. The largest absolute Gasteiger partial charge is 0.507 e. The Kier molecular flexibility index (Phi) is 5.04. The molecule has 1 N–H and O–H groups in total. The zero-order valence-electron chi connectivity index (χ0n) is 13.9. The Hall–Kier alpha value is -2.49. The summed E-state index contributed by atoms with van der Waals surface area (Å²) in [5.74, 6) is 1.03. The molecular weight excluding hydrogens is 302 g/mol. The second kappa shape index (κ2) is 7.39. The lowest BCUT2D eigenvalue weighted by Crippen LogP contribution is -2.38. The number of nitrogens with zero attached hydrogens (tertiary/aromatic N) is 1. The normalized spacial score (nSPS) is 15.3. The van der Waals surface area contributed by atoms with Crippen LogP contribution in [0.15, 0.2) is 48.5 Å². The second-order valence-electron chi connectivity index (χ2n) is 6.31. The van der Waals surface area contributed by atoms with Gasteiger partial charge in [0.2, 0.25) is 0 Å². The summed E-state index contributed by atoms with van der Waals surface area (Å²) in [6, 6.07) is 15.3. The number of amides is 1. The zero-order valence-corrected chi connectivity index (χ0v) is 13.9. The van der Waals surface area contributed by atoms with Gasteiger partial charge in [0.1, 0.15) is 11.5 Å². The summed E-state index contributed by atoms with van der Waals surface area (Å²) in [5, 5.41) is 10.0. The number of aromatic hydroxyl groups is 1. The highest BCUT2D eigenvalue weighted by Crippen LogP contribution is 2.27. The first-order chi connectivity index (χ1) is 11.7. The van der Waals surface area contributed by atoms with Gasteiger partial charge in [-0.1, -0.05) is 30.3 Å². The third-order valence-electron chi connectivity index (χ3n) is 4.70. The average Bonchev–Trinajstić information content (AvgIpc) is 2.62. The van der Waals surface area contributed by atoms with Crippen LogP contribution in [0.1, 0.15) is 28.8 Å². The van der Waals surface area contributed by atoms with E-state index in [9.17, 15) is 9.90 Å². The van der Waals surface area contributed by atoms with Gasteiger partial charge in [-0.15, -0.1) is 0 Å². The van der Waals surface area contributed by atoms with Crippen LogP contribution in [0.3, 0.4) is 0 Å². The number of hydrogen-bond donors (Lipinski definition) is 1. The minimum Gasteiger partial charge on any atom is -0.507 e. The molecule has 2 aromatic rings. The van der Waals surface area contributed by atoms with Crippen molar-refractivity contribution in [2.24, 2.45) is 5.92 Å². The van der Waals surface area contributed by atoms with E-state index < -0.39 is 0 Å². The minimum atomic E-state index is -0.103. The van der Waals surface area contributed by atoms with Crippen LogP contribution in [0.2, 0.25) is 0 Å². The monoisotopic (exact) mass is 325 g/mol. The highest BCUT2D eigenvalue weighted by atomic mass is 16.5. The van der Waals surface area contributed by atoms with Gasteiger partial charge in [-0.25, -0.2) is 0 Å². The van der Waals surface area contributed by atoms with Crippen molar-refractivity contribution < 1.29 is 14.6 Å². The quantitative estimate of drug-likeness (QED) is 0.936. The van der Waals surface area contributed by atoms with Crippen LogP contribution in [-0.2, 0) is 6.42 Å². The Morgan fingerprint density at radius 2 is 1.88 bits per heavy atom. The molecule has 3 rings (SSSR count). The van der Waals surface area contributed by atoms with Crippen LogP contribution in [-0.4, -0.2) is 36.1 Å². The molecule has 126 valence electrons. The van der Waals surface area contributed by atoms with Gasteiger partial charge in [-0.05, 0) is 42.9 Å². The maximum absolute atomic E-state index is 12.6. The molecule has 0 saturated carbocycles. The second-order valence-corrected chi connectivity index (χ2v) is 6.31. The SMILES string of the molecule is COc1ccc(C(=O)N2CCC(Cc3ccccc3)CC2)c(O)c1. The zero-order chi connectivity index (χ0) is 16.9. The van der Waals surface area contributed by atoms with Crippen LogP contribution < -0.4 is 4.74 Å². The number of phenolic OH excluding ortho intramolecular Hbond substituents is 1. The van der Waals surface area contributed by atoms with E-state index in [-0.39, 0.29) is 11.7 Å². The molecule has 1 aliphatic heterocycles. The fourth-order valence-electron chi connectivity index (χ4n) is 3.28. The highest BCUT2D eigenvalue weighted by molar-refractivity contribution is 5.97. The van der Waals surface area contributed by atoms with E-state index in [4.69, 9.17) is 4.74 Å². The molecule has 0 radical (unpaired) electrons. The number of hydrogen-bond acceptors (Lipinski definition) is 3. The van der Waals surface area contributed by atoms with E-state index >= 15 is 0 Å². The van der Waals surface area contributed by atoms with Gasteiger partial charge in [0, 0.05) is 19.2 Å². The Morgan fingerprint density at radius 1 is 1.17 bits per heavy atom. The summed E-state index contributed by atoms with van der Waals surface area (Å²) in [5.41, 5.74) is 1.70. The number of phenols is 1. The molecule has 0 aromatic heterocycles. The van der Waals surface area contributed by atoms with Crippen molar-refractivity contribution in [3.8, 4) is 11.5 Å². The molecule has 0 atom stereocenters. The Labute approximate surface area is 142 Å². The molecule has 1 aliphatic rings. The van der Waals surface area contributed by atoms with Gasteiger partial charge >= 0.3 is 0 Å². The van der Waals surface area contributed by atoms with Crippen LogP contribution in [0.5, 0.6) is 11.5 Å².